The summed E-state index contributed by atoms with van der Waals surface area (Å²) in [7, 11) is 0. The second-order valence-electron chi connectivity index (χ2n) is 3.97. The van der Waals surface area contributed by atoms with Crippen LogP contribution in [0.1, 0.15) is 13.8 Å². The van der Waals surface area contributed by atoms with E-state index >= 15 is 0 Å². The third-order valence-electron chi connectivity index (χ3n) is 2.27. The molecule has 1 aliphatic heterocycles. The summed E-state index contributed by atoms with van der Waals surface area (Å²) in [5.74, 6) is -0.206. The molecular weight excluding hydrogens is 198 g/mol. The van der Waals surface area contributed by atoms with E-state index in [1.165, 1.54) is 0 Å². The lowest BCUT2D eigenvalue weighted by atomic mass is 10.1. The number of nitrogens with zero attached hydrogens (tertiary/aromatic N) is 1. The zero-order chi connectivity index (χ0) is 11.5. The van der Waals surface area contributed by atoms with E-state index in [9.17, 15) is 9.59 Å². The first-order valence-corrected chi connectivity index (χ1v) is 4.92. The molecule has 0 bridgehead atoms. The molecule has 6 nitrogen and oxygen atoms in total. The fraction of sp³-hybridized carbons (Fsp3) is 0.778. The highest BCUT2D eigenvalue weighted by Crippen LogP contribution is 2.13. The zero-order valence-electron chi connectivity index (χ0n) is 9.08. The van der Waals surface area contributed by atoms with Crippen LogP contribution >= 0.6 is 0 Å². The first-order chi connectivity index (χ1) is 6.93. The summed E-state index contributed by atoms with van der Waals surface area (Å²) in [4.78, 5) is 24.2. The molecule has 0 aromatic carbocycles. The monoisotopic (exact) mass is 215 g/mol. The molecule has 6 heteroatoms. The zero-order valence-corrected chi connectivity index (χ0v) is 9.08. The summed E-state index contributed by atoms with van der Waals surface area (Å²) in [6, 6.07) is 0. The fourth-order valence-electron chi connectivity index (χ4n) is 1.54. The van der Waals surface area contributed by atoms with E-state index in [1.807, 2.05) is 0 Å². The molecule has 15 heavy (non-hydrogen) atoms. The topological polar surface area (TPSA) is 84.7 Å². The van der Waals surface area contributed by atoms with Crippen molar-refractivity contribution >= 4 is 12.0 Å². The van der Waals surface area contributed by atoms with Crippen LogP contribution in [0.25, 0.3) is 0 Å². The second kappa shape index (κ2) is 4.48. The van der Waals surface area contributed by atoms with Gasteiger partial charge in [0.25, 0.3) is 5.91 Å². The Morgan fingerprint density at radius 2 is 1.87 bits per heavy atom. The summed E-state index contributed by atoms with van der Waals surface area (Å²) in [5, 5.41) is 3.14. The van der Waals surface area contributed by atoms with Crippen molar-refractivity contribution in [2.24, 2.45) is 5.73 Å². The normalized spacial score (nSPS) is 17.3. The molecule has 0 aromatic rings. The van der Waals surface area contributed by atoms with Crippen LogP contribution in [0.5, 0.6) is 0 Å². The van der Waals surface area contributed by atoms with Crippen LogP contribution < -0.4 is 11.1 Å². The van der Waals surface area contributed by atoms with Crippen LogP contribution in [0.2, 0.25) is 0 Å². The highest BCUT2D eigenvalue weighted by molar-refractivity contribution is 5.86. The van der Waals surface area contributed by atoms with Crippen molar-refractivity contribution in [1.29, 1.82) is 0 Å². The van der Waals surface area contributed by atoms with Crippen molar-refractivity contribution in [2.45, 2.75) is 19.4 Å². The van der Waals surface area contributed by atoms with Crippen molar-refractivity contribution in [2.75, 3.05) is 26.2 Å². The van der Waals surface area contributed by atoms with E-state index in [2.05, 4.69) is 5.32 Å². The quantitative estimate of drug-likeness (QED) is 0.637. The van der Waals surface area contributed by atoms with Crippen molar-refractivity contribution < 1.29 is 14.3 Å². The highest BCUT2D eigenvalue weighted by Gasteiger charge is 2.35. The maximum atomic E-state index is 11.9. The molecule has 3 N–H and O–H groups in total. The Morgan fingerprint density at radius 1 is 1.33 bits per heavy atom. The molecule has 86 valence electrons. The van der Waals surface area contributed by atoms with Crippen molar-refractivity contribution in [1.82, 2.24) is 10.2 Å². The average Bonchev–Trinajstić information content (AvgIpc) is 2.16. The lowest BCUT2D eigenvalue weighted by Crippen LogP contribution is -2.54. The molecule has 2 amide bonds. The predicted molar refractivity (Wildman–Crippen MR) is 54.2 cm³/mol. The van der Waals surface area contributed by atoms with E-state index in [-0.39, 0.29) is 5.91 Å². The van der Waals surface area contributed by atoms with Gasteiger partial charge in [-0.25, -0.2) is 4.79 Å². The van der Waals surface area contributed by atoms with Gasteiger partial charge in [0.05, 0.1) is 0 Å². The summed E-state index contributed by atoms with van der Waals surface area (Å²) in [6.45, 7) is 5.87. The van der Waals surface area contributed by atoms with Crippen LogP contribution in [-0.2, 0) is 9.53 Å². The fourth-order valence-corrected chi connectivity index (χ4v) is 1.54. The van der Waals surface area contributed by atoms with Gasteiger partial charge in [0.2, 0.25) is 0 Å². The maximum Gasteiger partial charge on any atom is 0.405 e. The average molecular weight is 215 g/mol. The van der Waals surface area contributed by atoms with Crippen molar-refractivity contribution in [3.05, 3.63) is 0 Å². The van der Waals surface area contributed by atoms with Gasteiger partial charge in [-0.3, -0.25) is 4.79 Å². The minimum absolute atomic E-state index is 0.206. The Balaban J connectivity index is 2.60. The Morgan fingerprint density at radius 3 is 2.33 bits per heavy atom. The number of ether oxygens (including phenoxy) is 1. The van der Waals surface area contributed by atoms with E-state index in [1.54, 1.807) is 18.7 Å². The van der Waals surface area contributed by atoms with Crippen molar-refractivity contribution in [3.63, 3.8) is 0 Å². The van der Waals surface area contributed by atoms with Crippen molar-refractivity contribution in [3.8, 4) is 0 Å². The number of carbonyl (C=O) groups is 2. The summed E-state index contributed by atoms with van der Waals surface area (Å²) in [5.41, 5.74) is 3.72. The molecule has 0 aliphatic carbocycles. The molecule has 1 saturated heterocycles. The van der Waals surface area contributed by atoms with Crippen LogP contribution in [0.3, 0.4) is 0 Å². The molecule has 1 rings (SSSR count). The smallest absolute Gasteiger partial charge is 0.405 e. The second-order valence-corrected chi connectivity index (χ2v) is 3.97. The van der Waals surface area contributed by atoms with Gasteiger partial charge in [-0.1, -0.05) is 0 Å². The van der Waals surface area contributed by atoms with Crippen LogP contribution in [-0.4, -0.2) is 48.7 Å². The Bertz CT molecular complexity index is 259. The maximum absolute atomic E-state index is 11.9. The van der Waals surface area contributed by atoms with Crippen LogP contribution in [0.15, 0.2) is 0 Å². The van der Waals surface area contributed by atoms with E-state index in [0.29, 0.717) is 13.1 Å². The van der Waals surface area contributed by atoms with Gasteiger partial charge < -0.3 is 20.7 Å². The number of nitrogens with one attached hydrogen (secondary N) is 1. The number of carbonyl (C=O) groups excluding carboxylic acids is 2. The first kappa shape index (κ1) is 11.8. The lowest BCUT2D eigenvalue weighted by molar-refractivity contribution is -0.148. The van der Waals surface area contributed by atoms with E-state index in [4.69, 9.17) is 10.5 Å². The molecular formula is C9H17N3O3. The number of hydrogen-bond acceptors (Lipinski definition) is 4. The lowest BCUT2D eigenvalue weighted by Gasteiger charge is -2.33. The minimum atomic E-state index is -1.18. The van der Waals surface area contributed by atoms with Gasteiger partial charge in [-0.2, -0.15) is 0 Å². The molecule has 0 atom stereocenters. The summed E-state index contributed by atoms with van der Waals surface area (Å²) in [6.07, 6.45) is -0.927. The van der Waals surface area contributed by atoms with Gasteiger partial charge in [-0.05, 0) is 13.8 Å². The molecule has 0 radical (unpaired) electrons. The van der Waals surface area contributed by atoms with Crippen LogP contribution in [0, 0.1) is 0 Å². The van der Waals surface area contributed by atoms with E-state index in [0.717, 1.165) is 13.1 Å². The van der Waals surface area contributed by atoms with E-state index < -0.39 is 11.7 Å². The predicted octanol–water partition coefficient (Wildman–Crippen LogP) is -0.708. The number of hydrogen-bond donors (Lipinski definition) is 2. The van der Waals surface area contributed by atoms with Gasteiger partial charge in [0.1, 0.15) is 0 Å². The van der Waals surface area contributed by atoms with Gasteiger partial charge >= 0.3 is 6.09 Å². The molecule has 0 aromatic heterocycles. The molecule has 0 spiro atoms. The molecule has 0 unspecified atom stereocenters. The molecule has 1 heterocycles. The summed E-state index contributed by atoms with van der Waals surface area (Å²) < 4.78 is 4.78. The van der Waals surface area contributed by atoms with Gasteiger partial charge in [0.15, 0.2) is 5.60 Å². The number of nitrogens with two attached hydrogens (primary N) is 1. The number of primary amides is 1. The van der Waals surface area contributed by atoms with Crippen LogP contribution in [0.4, 0.5) is 4.79 Å². The van der Waals surface area contributed by atoms with Gasteiger partial charge in [0, 0.05) is 26.2 Å². The number of amides is 2. The largest absolute Gasteiger partial charge is 0.434 e. The molecule has 1 fully saturated rings. The molecule has 0 saturated carbocycles. The highest BCUT2D eigenvalue weighted by atomic mass is 16.6. The minimum Gasteiger partial charge on any atom is -0.434 e. The first-order valence-electron chi connectivity index (χ1n) is 4.92. The number of piperazine rings is 1. The Hall–Kier alpha value is -1.30. The SMILES string of the molecule is CC(C)(OC(N)=O)C(=O)N1CCNCC1. The summed E-state index contributed by atoms with van der Waals surface area (Å²) >= 11 is 0. The third kappa shape index (κ3) is 3.09. The number of rotatable bonds is 2. The third-order valence-corrected chi connectivity index (χ3v) is 2.27. The Kier molecular flexibility index (Phi) is 3.52. The van der Waals surface area contributed by atoms with Gasteiger partial charge in [-0.15, -0.1) is 0 Å². The molecule has 1 aliphatic rings. The Labute approximate surface area is 88.7 Å². The standard InChI is InChI=1S/C9H17N3O3/c1-9(2,15-8(10)14)7(13)12-5-3-11-4-6-12/h11H,3-6H2,1-2H3,(H2,10,14).